The summed E-state index contributed by atoms with van der Waals surface area (Å²) in [5, 5.41) is 5.58. The van der Waals surface area contributed by atoms with E-state index in [2.05, 4.69) is 21.7 Å². The molecule has 0 aromatic carbocycles. The maximum Gasteiger partial charge on any atom is 0.225 e. The monoisotopic (exact) mass is 329 g/mol. The van der Waals surface area contributed by atoms with Gasteiger partial charge in [0.25, 0.3) is 0 Å². The zero-order valence-electron chi connectivity index (χ0n) is 13.4. The van der Waals surface area contributed by atoms with Crippen LogP contribution in [0.15, 0.2) is 42.0 Å². The van der Waals surface area contributed by atoms with Gasteiger partial charge in [0.05, 0.1) is 5.69 Å². The minimum atomic E-state index is 0.0662. The first-order valence-electron chi connectivity index (χ1n) is 8.20. The quantitative estimate of drug-likeness (QED) is 0.914. The van der Waals surface area contributed by atoms with Crippen molar-refractivity contribution in [3.8, 4) is 0 Å². The van der Waals surface area contributed by atoms with E-state index in [1.54, 1.807) is 17.5 Å². The fourth-order valence-electron chi connectivity index (χ4n) is 3.06. The number of aromatic nitrogens is 1. The van der Waals surface area contributed by atoms with Gasteiger partial charge in [-0.15, -0.1) is 11.3 Å². The molecule has 5 heteroatoms. The average molecular weight is 329 g/mol. The number of hydrogen-bond acceptors (Lipinski definition) is 4. The Morgan fingerprint density at radius 1 is 1.39 bits per heavy atom. The predicted octanol–water partition coefficient (Wildman–Crippen LogP) is 3.42. The Balaban J connectivity index is 1.47. The van der Waals surface area contributed by atoms with Gasteiger partial charge in [-0.05, 0) is 42.8 Å². The zero-order valence-corrected chi connectivity index (χ0v) is 14.3. The van der Waals surface area contributed by atoms with Crippen molar-refractivity contribution < 1.29 is 4.79 Å². The van der Waals surface area contributed by atoms with Crippen molar-refractivity contribution in [2.45, 2.75) is 32.2 Å². The lowest BCUT2D eigenvalue weighted by molar-refractivity contribution is -0.135. The SMILES string of the molecule is C[C@H](Cc1cccs1)C(=O)N1CCC(Nc2cccnc2)CC1. The van der Waals surface area contributed by atoms with Gasteiger partial charge in [0, 0.05) is 42.3 Å². The normalized spacial score (nSPS) is 17.0. The van der Waals surface area contributed by atoms with E-state index in [0.717, 1.165) is 38.0 Å². The van der Waals surface area contributed by atoms with E-state index in [4.69, 9.17) is 0 Å². The molecule has 2 aromatic rings. The number of rotatable bonds is 5. The van der Waals surface area contributed by atoms with Crippen LogP contribution in [0.25, 0.3) is 0 Å². The summed E-state index contributed by atoms with van der Waals surface area (Å²) >= 11 is 1.73. The molecule has 3 rings (SSSR count). The van der Waals surface area contributed by atoms with Gasteiger partial charge in [0.15, 0.2) is 0 Å². The van der Waals surface area contributed by atoms with Crippen molar-refractivity contribution in [3.05, 3.63) is 46.9 Å². The number of carbonyl (C=O) groups excluding carboxylic acids is 1. The molecule has 1 amide bonds. The van der Waals surface area contributed by atoms with Crippen molar-refractivity contribution in [1.29, 1.82) is 0 Å². The van der Waals surface area contributed by atoms with E-state index in [1.807, 2.05) is 36.2 Å². The highest BCUT2D eigenvalue weighted by Crippen LogP contribution is 2.20. The number of nitrogens with zero attached hydrogens (tertiary/aromatic N) is 2. The zero-order chi connectivity index (χ0) is 16.1. The van der Waals surface area contributed by atoms with E-state index >= 15 is 0 Å². The molecule has 0 radical (unpaired) electrons. The highest BCUT2D eigenvalue weighted by molar-refractivity contribution is 7.09. The molecule has 0 bridgehead atoms. The first kappa shape index (κ1) is 16.0. The summed E-state index contributed by atoms with van der Waals surface area (Å²) in [5.41, 5.74) is 1.06. The molecule has 0 spiro atoms. The first-order chi connectivity index (χ1) is 11.2. The summed E-state index contributed by atoms with van der Waals surface area (Å²) in [6, 6.07) is 8.56. The average Bonchev–Trinajstić information content (AvgIpc) is 3.09. The number of hydrogen-bond donors (Lipinski definition) is 1. The lowest BCUT2D eigenvalue weighted by Crippen LogP contribution is -2.44. The van der Waals surface area contributed by atoms with Gasteiger partial charge >= 0.3 is 0 Å². The van der Waals surface area contributed by atoms with E-state index in [9.17, 15) is 4.79 Å². The van der Waals surface area contributed by atoms with Crippen LogP contribution >= 0.6 is 11.3 Å². The third-order valence-corrected chi connectivity index (χ3v) is 5.25. The first-order valence-corrected chi connectivity index (χ1v) is 9.08. The Kier molecular flexibility index (Phi) is 5.28. The smallest absolute Gasteiger partial charge is 0.225 e. The van der Waals surface area contributed by atoms with Crippen molar-refractivity contribution in [3.63, 3.8) is 0 Å². The number of likely N-dealkylation sites (tertiary alicyclic amines) is 1. The van der Waals surface area contributed by atoms with Gasteiger partial charge in [-0.25, -0.2) is 0 Å². The van der Waals surface area contributed by atoms with Crippen LogP contribution in [0.2, 0.25) is 0 Å². The van der Waals surface area contributed by atoms with E-state index in [-0.39, 0.29) is 5.92 Å². The van der Waals surface area contributed by atoms with E-state index < -0.39 is 0 Å². The number of pyridine rings is 1. The fraction of sp³-hybridized carbons (Fsp3) is 0.444. The largest absolute Gasteiger partial charge is 0.381 e. The third-order valence-electron chi connectivity index (χ3n) is 4.35. The third kappa shape index (κ3) is 4.32. The second kappa shape index (κ2) is 7.59. The Morgan fingerprint density at radius 3 is 2.87 bits per heavy atom. The molecular formula is C18H23N3OS. The topological polar surface area (TPSA) is 45.2 Å². The molecule has 0 unspecified atom stereocenters. The van der Waals surface area contributed by atoms with Crippen LogP contribution in [0.5, 0.6) is 0 Å². The molecule has 23 heavy (non-hydrogen) atoms. The molecule has 1 fully saturated rings. The molecule has 1 aliphatic rings. The van der Waals surface area contributed by atoms with Gasteiger partial charge < -0.3 is 10.2 Å². The molecular weight excluding hydrogens is 306 g/mol. The van der Waals surface area contributed by atoms with Gasteiger partial charge in [-0.2, -0.15) is 0 Å². The molecule has 4 nitrogen and oxygen atoms in total. The summed E-state index contributed by atoms with van der Waals surface area (Å²) in [5.74, 6) is 0.356. The number of nitrogens with one attached hydrogen (secondary N) is 1. The van der Waals surface area contributed by atoms with Crippen molar-refractivity contribution in [2.75, 3.05) is 18.4 Å². The van der Waals surface area contributed by atoms with Crippen LogP contribution in [0.1, 0.15) is 24.6 Å². The molecule has 1 aliphatic heterocycles. The highest BCUT2D eigenvalue weighted by Gasteiger charge is 2.26. The Bertz CT molecular complexity index is 606. The molecule has 0 saturated carbocycles. The summed E-state index contributed by atoms with van der Waals surface area (Å²) in [7, 11) is 0. The standard InChI is InChI=1S/C18H23N3OS/c1-14(12-17-5-3-11-23-17)18(22)21-9-6-15(7-10-21)20-16-4-2-8-19-13-16/h2-5,8,11,13-15,20H,6-7,9-10,12H2,1H3/t14-/m1/s1. The molecule has 1 saturated heterocycles. The number of carbonyl (C=O) groups is 1. The van der Waals surface area contributed by atoms with E-state index in [0.29, 0.717) is 11.9 Å². The summed E-state index contributed by atoms with van der Waals surface area (Å²) in [6.45, 7) is 3.72. The van der Waals surface area contributed by atoms with Crippen molar-refractivity contribution in [2.24, 2.45) is 5.92 Å². The molecule has 3 heterocycles. The highest BCUT2D eigenvalue weighted by atomic mass is 32.1. The molecule has 0 aliphatic carbocycles. The molecule has 122 valence electrons. The number of piperidine rings is 1. The fourth-order valence-corrected chi connectivity index (χ4v) is 3.89. The molecule has 2 aromatic heterocycles. The Labute approximate surface area is 141 Å². The van der Waals surface area contributed by atoms with Crippen LogP contribution in [-0.2, 0) is 11.2 Å². The van der Waals surface area contributed by atoms with Gasteiger partial charge in [-0.1, -0.05) is 13.0 Å². The van der Waals surface area contributed by atoms with Gasteiger partial charge in [0.1, 0.15) is 0 Å². The number of amides is 1. The van der Waals surface area contributed by atoms with Crippen LogP contribution in [-0.4, -0.2) is 34.9 Å². The molecule has 1 N–H and O–H groups in total. The summed E-state index contributed by atoms with van der Waals surface area (Å²) in [6.07, 6.45) is 6.46. The maximum atomic E-state index is 12.6. The Morgan fingerprint density at radius 2 is 2.22 bits per heavy atom. The van der Waals surface area contributed by atoms with Crippen LogP contribution in [0.3, 0.4) is 0 Å². The van der Waals surface area contributed by atoms with E-state index in [1.165, 1.54) is 4.88 Å². The van der Waals surface area contributed by atoms with Gasteiger partial charge in [-0.3, -0.25) is 9.78 Å². The number of anilines is 1. The Hall–Kier alpha value is -1.88. The van der Waals surface area contributed by atoms with Crippen LogP contribution in [0.4, 0.5) is 5.69 Å². The second-order valence-electron chi connectivity index (χ2n) is 6.17. The van der Waals surface area contributed by atoms with Crippen molar-refractivity contribution >= 4 is 22.9 Å². The van der Waals surface area contributed by atoms with Crippen LogP contribution < -0.4 is 5.32 Å². The minimum absolute atomic E-state index is 0.0662. The molecule has 1 atom stereocenters. The second-order valence-corrected chi connectivity index (χ2v) is 7.20. The summed E-state index contributed by atoms with van der Waals surface area (Å²) in [4.78, 5) is 20.0. The van der Waals surface area contributed by atoms with Crippen molar-refractivity contribution in [1.82, 2.24) is 9.88 Å². The number of thiophene rings is 1. The predicted molar refractivity (Wildman–Crippen MR) is 94.6 cm³/mol. The summed E-state index contributed by atoms with van der Waals surface area (Å²) < 4.78 is 0. The lowest BCUT2D eigenvalue weighted by atomic mass is 10.0. The van der Waals surface area contributed by atoms with Gasteiger partial charge in [0.2, 0.25) is 5.91 Å². The maximum absolute atomic E-state index is 12.6. The lowest BCUT2D eigenvalue weighted by Gasteiger charge is -2.34. The minimum Gasteiger partial charge on any atom is -0.381 e. The van der Waals surface area contributed by atoms with Crippen LogP contribution in [0, 0.1) is 5.92 Å².